The first-order valence-corrected chi connectivity index (χ1v) is 30.6. The van der Waals surface area contributed by atoms with E-state index in [-0.39, 0.29) is 36.0 Å². The highest BCUT2D eigenvalue weighted by atomic mass is 19.4. The van der Waals surface area contributed by atoms with Crippen molar-refractivity contribution in [2.24, 2.45) is 0 Å². The first-order chi connectivity index (χ1) is 45.6. The highest BCUT2D eigenvalue weighted by Gasteiger charge is 2.34. The van der Waals surface area contributed by atoms with Crippen LogP contribution in [0, 0.1) is 0 Å². The van der Waals surface area contributed by atoms with Crippen LogP contribution in [0.1, 0.15) is 94.9 Å². The number of methoxy groups -OCH3 is 1. The SMILES string of the molecule is CC(C)n1cc(-c2ccc(Oc3ccc(CO)c(C(F)(F)F)c3)cc2)c2c(N)ncnc21.CC(O)c1ccc(Oc2ccc(-c3cn(C(C)C)c4ncnc(N)c34)cc2)c2ccccc12.COc1cc(Oc2ccc(-c3cn(C(C)C)c4ncnc(N)c34)cc2)ccc1CO. The van der Waals surface area contributed by atoms with E-state index >= 15 is 0 Å². The van der Waals surface area contributed by atoms with E-state index in [1.807, 2.05) is 110 Å². The second-order valence-corrected chi connectivity index (χ2v) is 23.4. The van der Waals surface area contributed by atoms with Crippen molar-refractivity contribution in [3.8, 4) is 73.6 Å². The van der Waals surface area contributed by atoms with E-state index in [9.17, 15) is 28.5 Å². The number of nitrogen functional groups attached to an aromatic ring is 3. The average molecular weight is 1290 g/mol. The van der Waals surface area contributed by atoms with E-state index in [1.54, 1.807) is 56.5 Å². The molecular formula is C73H71F3N12O7. The van der Waals surface area contributed by atoms with Crippen LogP contribution in [-0.4, -0.2) is 66.0 Å². The minimum Gasteiger partial charge on any atom is -0.496 e. The lowest BCUT2D eigenvalue weighted by Crippen LogP contribution is -2.09. The Morgan fingerprint density at radius 2 is 0.821 bits per heavy atom. The van der Waals surface area contributed by atoms with Gasteiger partial charge in [0.25, 0.3) is 0 Å². The topological polar surface area (TPSA) is 268 Å². The number of fused-ring (bicyclic) bond motifs is 4. The minimum absolute atomic E-state index is 0.0244. The molecule has 0 bridgehead atoms. The lowest BCUT2D eigenvalue weighted by molar-refractivity contribution is -0.138. The van der Waals surface area contributed by atoms with E-state index in [2.05, 4.69) is 79.1 Å². The molecule has 0 aliphatic rings. The predicted octanol–water partition coefficient (Wildman–Crippen LogP) is 16.4. The fourth-order valence-corrected chi connectivity index (χ4v) is 11.4. The fourth-order valence-electron chi connectivity index (χ4n) is 11.4. The molecule has 0 spiro atoms. The van der Waals surface area contributed by atoms with Gasteiger partial charge in [-0.3, -0.25) is 0 Å². The first-order valence-electron chi connectivity index (χ1n) is 30.6. The number of alkyl halides is 3. The van der Waals surface area contributed by atoms with E-state index in [0.29, 0.717) is 46.0 Å². The molecule has 0 amide bonds. The number of halogens is 3. The molecule has 13 rings (SSSR count). The lowest BCUT2D eigenvalue weighted by Gasteiger charge is -2.14. The molecule has 19 nitrogen and oxygen atoms in total. The van der Waals surface area contributed by atoms with Crippen LogP contribution in [0.4, 0.5) is 30.6 Å². The number of aliphatic hydroxyl groups excluding tert-OH is 3. The summed E-state index contributed by atoms with van der Waals surface area (Å²) in [5, 5.41) is 33.0. The number of anilines is 3. The van der Waals surface area contributed by atoms with Crippen LogP contribution in [0.25, 0.3) is 77.3 Å². The van der Waals surface area contributed by atoms with Crippen molar-refractivity contribution in [3.05, 3.63) is 205 Å². The molecule has 9 N–H and O–H groups in total. The first kappa shape index (κ1) is 65.4. The number of hydrogen-bond donors (Lipinski definition) is 6. The summed E-state index contributed by atoms with van der Waals surface area (Å²) in [5.74, 6) is 5.08. The highest BCUT2D eigenvalue weighted by molar-refractivity contribution is 6.03. The van der Waals surface area contributed by atoms with Crippen LogP contribution in [-0.2, 0) is 19.4 Å². The Morgan fingerprint density at radius 1 is 0.442 bits per heavy atom. The van der Waals surface area contributed by atoms with Crippen LogP contribution in [0.5, 0.6) is 40.2 Å². The van der Waals surface area contributed by atoms with Crippen molar-refractivity contribution >= 4 is 61.3 Å². The van der Waals surface area contributed by atoms with Gasteiger partial charge in [0.05, 0.1) is 48.1 Å². The number of nitrogens with zero attached hydrogens (tertiary/aromatic N) is 9. The summed E-state index contributed by atoms with van der Waals surface area (Å²) < 4.78 is 69.0. The van der Waals surface area contributed by atoms with Crippen LogP contribution in [0.2, 0.25) is 0 Å². The number of hydrogen-bond acceptors (Lipinski definition) is 16. The zero-order valence-electron chi connectivity index (χ0n) is 53.4. The summed E-state index contributed by atoms with van der Waals surface area (Å²) in [5.41, 5.74) is 27.0. The van der Waals surface area contributed by atoms with Gasteiger partial charge >= 0.3 is 6.18 Å². The number of ether oxygens (including phenoxy) is 4. The van der Waals surface area contributed by atoms with Gasteiger partial charge in [-0.1, -0.05) is 72.8 Å². The van der Waals surface area contributed by atoms with Gasteiger partial charge in [-0.05, 0) is 148 Å². The molecule has 22 heteroatoms. The maximum absolute atomic E-state index is 13.2. The molecule has 6 aromatic heterocycles. The number of rotatable bonds is 16. The van der Waals surface area contributed by atoms with Crippen LogP contribution >= 0.6 is 0 Å². The third-order valence-electron chi connectivity index (χ3n) is 16.1. The van der Waals surface area contributed by atoms with Gasteiger partial charge < -0.3 is 65.2 Å². The summed E-state index contributed by atoms with van der Waals surface area (Å²) in [6, 6.07) is 43.9. The third kappa shape index (κ3) is 13.7. The Hall–Kier alpha value is -11.1. The molecule has 1 atom stereocenters. The number of aliphatic hydroxyl groups is 3. The molecule has 1 unspecified atom stereocenters. The largest absolute Gasteiger partial charge is 0.496 e. The second kappa shape index (κ2) is 27.6. The lowest BCUT2D eigenvalue weighted by atomic mass is 10.0. The molecule has 486 valence electrons. The molecule has 6 heterocycles. The Labute approximate surface area is 545 Å². The number of aromatic nitrogens is 9. The standard InChI is InChI=1S/C27H26N4O2.C23H21F3N4O2.C23H24N4O3/c1-16(2)31-14-23(25-26(28)29-15-30-27(25)31)18-8-10-19(11-9-18)33-24-13-12-20(17(3)32)21-6-4-5-7-22(21)24;1-13(2)30-10-18(20-21(27)28-12-29-22(20)30)14-3-6-16(7-4-14)32-17-8-5-15(11-31)19(9-17)23(24,25)26;1-14(2)27-11-19(21-22(24)25-13-26-23(21)27)15-4-7-17(8-5-15)30-18-9-6-16(12-28)20(10-18)29-3/h4-17,32H,1-3H3,(H2,28,29,30);3-10,12-13,31H,11H2,1-2H3,(H2,27,28,29);4-11,13-14,28H,12H2,1-3H3,(H2,24,25,26). The predicted molar refractivity (Wildman–Crippen MR) is 364 cm³/mol. The Morgan fingerprint density at radius 3 is 1.20 bits per heavy atom. The quantitative estimate of drug-likeness (QED) is 0.0525. The van der Waals surface area contributed by atoms with Crippen LogP contribution in [0.3, 0.4) is 0 Å². The van der Waals surface area contributed by atoms with E-state index in [0.717, 1.165) is 100 Å². The summed E-state index contributed by atoms with van der Waals surface area (Å²) in [6.07, 6.45) is 5.39. The zero-order valence-corrected chi connectivity index (χ0v) is 53.4. The molecule has 0 saturated carbocycles. The van der Waals surface area contributed by atoms with Gasteiger partial charge in [0.1, 0.15) is 93.6 Å². The normalized spacial score (nSPS) is 11.9. The van der Waals surface area contributed by atoms with Gasteiger partial charge in [-0.25, -0.2) is 29.9 Å². The van der Waals surface area contributed by atoms with Gasteiger partial charge in [0.15, 0.2) is 0 Å². The molecule has 13 aromatic rings. The minimum atomic E-state index is -4.59. The highest BCUT2D eigenvalue weighted by Crippen LogP contribution is 2.42. The van der Waals surface area contributed by atoms with Crippen LogP contribution < -0.4 is 36.1 Å². The Bertz CT molecular complexity index is 4880. The van der Waals surface area contributed by atoms with Gasteiger partial charge in [-0.15, -0.1) is 0 Å². The third-order valence-corrected chi connectivity index (χ3v) is 16.1. The summed E-state index contributed by atoms with van der Waals surface area (Å²) in [4.78, 5) is 25.7. The van der Waals surface area contributed by atoms with E-state index in [1.165, 1.54) is 31.1 Å². The Kier molecular flexibility index (Phi) is 19.0. The van der Waals surface area contributed by atoms with E-state index in [4.69, 9.17) is 36.1 Å². The summed E-state index contributed by atoms with van der Waals surface area (Å²) in [6.45, 7) is 13.5. The Balaban J connectivity index is 0.000000145. The van der Waals surface area contributed by atoms with Crippen molar-refractivity contribution in [2.75, 3.05) is 24.3 Å². The summed E-state index contributed by atoms with van der Waals surface area (Å²) in [7, 11) is 1.57. The smallest absolute Gasteiger partial charge is 0.416 e. The molecule has 0 saturated heterocycles. The van der Waals surface area contributed by atoms with Crippen molar-refractivity contribution in [2.45, 2.75) is 92.1 Å². The number of nitrogens with two attached hydrogens (primary N) is 3. The molecule has 95 heavy (non-hydrogen) atoms. The average Bonchev–Trinajstić information content (AvgIpc) is 1.66. The molecule has 0 aliphatic carbocycles. The maximum Gasteiger partial charge on any atom is 0.416 e. The molecule has 7 aromatic carbocycles. The molecular weight excluding hydrogens is 1210 g/mol. The van der Waals surface area contributed by atoms with Crippen molar-refractivity contribution < 1.29 is 47.4 Å². The van der Waals surface area contributed by atoms with Gasteiger partial charge in [-0.2, -0.15) is 13.2 Å². The summed E-state index contributed by atoms with van der Waals surface area (Å²) >= 11 is 0. The zero-order chi connectivity index (χ0) is 67.4. The van der Waals surface area contributed by atoms with E-state index < -0.39 is 24.5 Å². The monoisotopic (exact) mass is 1280 g/mol. The molecule has 0 aliphatic heterocycles. The fraction of sp³-hybridized carbons (Fsp3) is 0.205. The maximum atomic E-state index is 13.2. The van der Waals surface area contributed by atoms with Crippen molar-refractivity contribution in [3.63, 3.8) is 0 Å². The second-order valence-electron chi connectivity index (χ2n) is 23.4. The number of benzene rings is 7. The molecule has 0 radical (unpaired) electrons. The van der Waals surface area contributed by atoms with Gasteiger partial charge in [0, 0.05) is 70.4 Å². The van der Waals surface area contributed by atoms with Crippen LogP contribution in [0.15, 0.2) is 183 Å². The molecule has 0 fully saturated rings. The van der Waals surface area contributed by atoms with Crippen molar-refractivity contribution in [1.82, 2.24) is 43.6 Å². The van der Waals surface area contributed by atoms with Crippen molar-refractivity contribution in [1.29, 1.82) is 0 Å². The van der Waals surface area contributed by atoms with Gasteiger partial charge in [0.2, 0.25) is 0 Å².